The fourth-order valence-electron chi connectivity index (χ4n) is 3.45. The number of nitrogens with zero attached hydrogens (tertiary/aromatic N) is 1. The van der Waals surface area contributed by atoms with Gasteiger partial charge in [-0.2, -0.15) is 0 Å². The topological polar surface area (TPSA) is 57.8 Å². The van der Waals surface area contributed by atoms with Gasteiger partial charge in [-0.25, -0.2) is 4.98 Å². The fraction of sp³-hybridized carbons (Fsp3) is 0.200. The average Bonchev–Trinajstić information content (AvgIpc) is 2.71. The molecule has 2 heterocycles. The molecule has 4 nitrogen and oxygen atoms in total. The monoisotopic (exact) mass is 383 g/mol. The minimum absolute atomic E-state index is 0.0891. The van der Waals surface area contributed by atoms with Crippen LogP contribution >= 0.6 is 0 Å². The molecule has 2 aromatic carbocycles. The molecule has 0 radical (unpaired) electrons. The maximum absolute atomic E-state index is 11.3. The van der Waals surface area contributed by atoms with Crippen LogP contribution in [0.5, 0.6) is 0 Å². The first kappa shape index (κ1) is 18.9. The van der Waals surface area contributed by atoms with Gasteiger partial charge in [0.15, 0.2) is 0 Å². The van der Waals surface area contributed by atoms with Gasteiger partial charge in [-0.1, -0.05) is 63.2 Å². The van der Waals surface area contributed by atoms with Gasteiger partial charge in [-0.15, -0.1) is 0 Å². The van der Waals surface area contributed by atoms with Gasteiger partial charge in [0.2, 0.25) is 5.56 Å². The Morgan fingerprint density at radius 3 is 2.31 bits per heavy atom. The molecule has 0 spiro atoms. The molecular weight excluding hydrogens is 358 g/mol. The highest BCUT2D eigenvalue weighted by Crippen LogP contribution is 2.29. The molecule has 146 valence electrons. The number of pyridine rings is 2. The summed E-state index contributed by atoms with van der Waals surface area (Å²) in [5.74, 6) is 0.842. The van der Waals surface area contributed by atoms with Gasteiger partial charge in [0.05, 0.1) is 0 Å². The van der Waals surface area contributed by atoms with Crippen molar-refractivity contribution in [1.29, 1.82) is 0 Å². The summed E-state index contributed by atoms with van der Waals surface area (Å²) in [6.45, 7) is 6.64. The Bertz CT molecular complexity index is 1180. The zero-order valence-corrected chi connectivity index (χ0v) is 17.0. The average molecular weight is 383 g/mol. The summed E-state index contributed by atoms with van der Waals surface area (Å²) in [5, 5.41) is 5.70. The number of hydrogen-bond donors (Lipinski definition) is 2. The number of anilines is 2. The minimum Gasteiger partial charge on any atom is -0.340 e. The smallest absolute Gasteiger partial charge is 0.247 e. The molecule has 0 bridgehead atoms. The van der Waals surface area contributed by atoms with Gasteiger partial charge in [0, 0.05) is 36.0 Å². The van der Waals surface area contributed by atoms with Crippen molar-refractivity contribution in [1.82, 2.24) is 9.97 Å². The van der Waals surface area contributed by atoms with Crippen molar-refractivity contribution in [3.63, 3.8) is 0 Å². The molecular formula is C25H25N3O. The van der Waals surface area contributed by atoms with E-state index in [9.17, 15) is 4.79 Å². The number of hydrogen-bond acceptors (Lipinski definition) is 3. The largest absolute Gasteiger partial charge is 0.340 e. The normalized spacial score (nSPS) is 11.6. The zero-order chi connectivity index (χ0) is 20.4. The molecule has 0 aliphatic carbocycles. The van der Waals surface area contributed by atoms with Gasteiger partial charge in [-0.3, -0.25) is 4.79 Å². The molecule has 4 rings (SSSR count). The van der Waals surface area contributed by atoms with Crippen molar-refractivity contribution < 1.29 is 0 Å². The third-order valence-corrected chi connectivity index (χ3v) is 5.13. The van der Waals surface area contributed by atoms with Gasteiger partial charge in [-0.05, 0) is 39.6 Å². The maximum atomic E-state index is 11.3. The molecule has 4 heteroatoms. The first-order valence-corrected chi connectivity index (χ1v) is 9.82. The number of H-pyrrole nitrogens is 1. The van der Waals surface area contributed by atoms with Crippen LogP contribution in [0.25, 0.3) is 10.8 Å². The summed E-state index contributed by atoms with van der Waals surface area (Å²) in [7, 11) is 0. The van der Waals surface area contributed by atoms with Gasteiger partial charge < -0.3 is 10.3 Å². The van der Waals surface area contributed by atoms with Crippen molar-refractivity contribution in [2.24, 2.45) is 0 Å². The standard InChI is InChI=1S/C25H25N3O/c1-25(2,3)19-9-11-20(12-10-19)28-24-22-7-5-4-6-21(22)18(16-27-24)14-17-8-13-23(29)26-15-17/h4-13,15-16H,14H2,1-3H3,(H,26,29)(H,27,28). The number of fused-ring (bicyclic) bond motifs is 1. The molecule has 0 fully saturated rings. The zero-order valence-electron chi connectivity index (χ0n) is 17.0. The van der Waals surface area contributed by atoms with Crippen LogP contribution in [0.3, 0.4) is 0 Å². The first-order valence-electron chi connectivity index (χ1n) is 9.82. The van der Waals surface area contributed by atoms with E-state index in [0.717, 1.165) is 33.4 Å². The van der Waals surface area contributed by atoms with E-state index < -0.39 is 0 Å². The number of nitrogens with one attached hydrogen (secondary N) is 2. The Hall–Kier alpha value is -3.40. The Labute approximate surface area is 170 Å². The van der Waals surface area contributed by atoms with E-state index in [1.165, 1.54) is 5.56 Å². The highest BCUT2D eigenvalue weighted by molar-refractivity contribution is 5.95. The Balaban J connectivity index is 1.66. The molecule has 0 amide bonds. The summed E-state index contributed by atoms with van der Waals surface area (Å²) in [4.78, 5) is 18.7. The van der Waals surface area contributed by atoms with E-state index in [4.69, 9.17) is 4.98 Å². The lowest BCUT2D eigenvalue weighted by atomic mass is 9.87. The predicted octanol–water partition coefficient (Wildman–Crippen LogP) is 5.56. The van der Waals surface area contributed by atoms with Crippen LogP contribution in [0, 0.1) is 0 Å². The van der Waals surface area contributed by atoms with Crippen LogP contribution in [-0.4, -0.2) is 9.97 Å². The van der Waals surface area contributed by atoms with E-state index in [2.05, 4.69) is 67.5 Å². The fourth-order valence-corrected chi connectivity index (χ4v) is 3.45. The van der Waals surface area contributed by atoms with E-state index in [1.807, 2.05) is 24.4 Å². The highest BCUT2D eigenvalue weighted by atomic mass is 16.1. The second-order valence-electron chi connectivity index (χ2n) is 8.37. The Morgan fingerprint density at radius 2 is 1.66 bits per heavy atom. The predicted molar refractivity (Wildman–Crippen MR) is 120 cm³/mol. The summed E-state index contributed by atoms with van der Waals surface area (Å²) in [5.41, 5.74) is 4.54. The van der Waals surface area contributed by atoms with E-state index >= 15 is 0 Å². The van der Waals surface area contributed by atoms with Crippen LogP contribution in [0.15, 0.2) is 77.9 Å². The van der Waals surface area contributed by atoms with Crippen molar-refractivity contribution in [3.8, 4) is 0 Å². The van der Waals surface area contributed by atoms with Crippen LogP contribution in [0.4, 0.5) is 11.5 Å². The Morgan fingerprint density at radius 1 is 0.931 bits per heavy atom. The van der Waals surface area contributed by atoms with Crippen molar-refractivity contribution in [2.45, 2.75) is 32.6 Å². The van der Waals surface area contributed by atoms with Gasteiger partial charge in [0.25, 0.3) is 0 Å². The third kappa shape index (κ3) is 4.21. The summed E-state index contributed by atoms with van der Waals surface area (Å²) in [6.07, 6.45) is 4.39. The third-order valence-electron chi connectivity index (χ3n) is 5.13. The number of benzene rings is 2. The summed E-state index contributed by atoms with van der Waals surface area (Å²) < 4.78 is 0. The molecule has 0 saturated carbocycles. The lowest BCUT2D eigenvalue weighted by Crippen LogP contribution is -2.10. The lowest BCUT2D eigenvalue weighted by molar-refractivity contribution is 0.590. The molecule has 0 saturated heterocycles. The van der Waals surface area contributed by atoms with Crippen molar-refractivity contribution >= 4 is 22.3 Å². The number of aromatic nitrogens is 2. The quantitative estimate of drug-likeness (QED) is 0.485. The first-order chi connectivity index (χ1) is 13.9. The number of aromatic amines is 1. The van der Waals surface area contributed by atoms with Crippen molar-refractivity contribution in [3.05, 3.63) is 100 Å². The van der Waals surface area contributed by atoms with E-state index in [1.54, 1.807) is 12.3 Å². The minimum atomic E-state index is -0.0891. The molecule has 2 aromatic heterocycles. The highest BCUT2D eigenvalue weighted by Gasteiger charge is 2.13. The van der Waals surface area contributed by atoms with Gasteiger partial charge >= 0.3 is 0 Å². The van der Waals surface area contributed by atoms with E-state index in [0.29, 0.717) is 6.42 Å². The molecule has 0 aliphatic heterocycles. The molecule has 4 aromatic rings. The van der Waals surface area contributed by atoms with Crippen molar-refractivity contribution in [2.75, 3.05) is 5.32 Å². The van der Waals surface area contributed by atoms with Crippen LogP contribution in [0.2, 0.25) is 0 Å². The second-order valence-corrected chi connectivity index (χ2v) is 8.37. The Kier molecular flexibility index (Phi) is 4.93. The van der Waals surface area contributed by atoms with Crippen LogP contribution in [-0.2, 0) is 11.8 Å². The molecule has 0 atom stereocenters. The second kappa shape index (κ2) is 7.55. The maximum Gasteiger partial charge on any atom is 0.247 e. The SMILES string of the molecule is CC(C)(C)c1ccc(Nc2ncc(Cc3ccc(=O)[nH]c3)c3ccccc23)cc1. The molecule has 0 aliphatic rings. The molecule has 0 unspecified atom stereocenters. The summed E-state index contributed by atoms with van der Waals surface area (Å²) >= 11 is 0. The number of rotatable bonds is 4. The molecule has 2 N–H and O–H groups in total. The van der Waals surface area contributed by atoms with Crippen LogP contribution < -0.4 is 10.9 Å². The summed E-state index contributed by atoms with van der Waals surface area (Å²) in [6, 6.07) is 20.2. The van der Waals surface area contributed by atoms with Gasteiger partial charge in [0.1, 0.15) is 5.82 Å². The lowest BCUT2D eigenvalue weighted by Gasteiger charge is -2.19. The molecule has 29 heavy (non-hydrogen) atoms. The van der Waals surface area contributed by atoms with Crippen LogP contribution in [0.1, 0.15) is 37.5 Å². The van der Waals surface area contributed by atoms with E-state index in [-0.39, 0.29) is 11.0 Å².